The molecule has 0 aliphatic carbocycles. The van der Waals surface area contributed by atoms with Gasteiger partial charge in [0.15, 0.2) is 11.1 Å². The van der Waals surface area contributed by atoms with Gasteiger partial charge in [-0.05, 0) is 30.2 Å². The van der Waals surface area contributed by atoms with Crippen LogP contribution in [0.4, 0.5) is 5.69 Å². The molecule has 3 heterocycles. The van der Waals surface area contributed by atoms with Crippen molar-refractivity contribution in [3.05, 3.63) is 60.1 Å². The van der Waals surface area contributed by atoms with Crippen LogP contribution in [-0.2, 0) is 10.0 Å². The van der Waals surface area contributed by atoms with Gasteiger partial charge in [0.1, 0.15) is 5.75 Å². The molecule has 1 aliphatic rings. The largest absolute Gasteiger partial charge is 0.494 e. The number of piperazine rings is 1. The Labute approximate surface area is 174 Å². The van der Waals surface area contributed by atoms with Gasteiger partial charge in [0.2, 0.25) is 10.0 Å². The van der Waals surface area contributed by atoms with E-state index in [0.29, 0.717) is 43.0 Å². The molecule has 0 bridgehead atoms. The lowest BCUT2D eigenvalue weighted by Gasteiger charge is -2.34. The predicted molar refractivity (Wildman–Crippen MR) is 114 cm³/mol. The highest BCUT2D eigenvalue weighted by atomic mass is 32.2. The molecule has 3 aromatic rings. The molecule has 8 nitrogen and oxygen atoms in total. The number of pyridine rings is 1. The highest BCUT2D eigenvalue weighted by Gasteiger charge is 2.27. The minimum atomic E-state index is -3.42. The van der Waals surface area contributed by atoms with E-state index in [1.165, 1.54) is 4.31 Å². The number of methoxy groups -OCH3 is 1. The number of ether oxygens (including phenoxy) is 1. The molecule has 1 saturated heterocycles. The number of nitrogens with zero attached hydrogens (tertiary/aromatic N) is 4. The van der Waals surface area contributed by atoms with E-state index in [1.807, 2.05) is 24.3 Å². The Bertz CT molecular complexity index is 1230. The van der Waals surface area contributed by atoms with Crippen LogP contribution in [-0.4, -0.2) is 56.0 Å². The van der Waals surface area contributed by atoms with Gasteiger partial charge in [-0.15, -0.1) is 0 Å². The van der Waals surface area contributed by atoms with E-state index in [4.69, 9.17) is 9.15 Å². The summed E-state index contributed by atoms with van der Waals surface area (Å²) in [6.07, 6.45) is 3.35. The minimum absolute atomic E-state index is 0.271. The van der Waals surface area contributed by atoms with Crippen LogP contribution in [0, 0.1) is 11.8 Å². The summed E-state index contributed by atoms with van der Waals surface area (Å²) >= 11 is 0. The average Bonchev–Trinajstić information content (AvgIpc) is 3.22. The Hall–Kier alpha value is -3.35. The number of aromatic nitrogens is 2. The third-order valence-electron chi connectivity index (χ3n) is 4.83. The second-order valence-electron chi connectivity index (χ2n) is 6.57. The van der Waals surface area contributed by atoms with Gasteiger partial charge in [-0.2, -0.15) is 9.29 Å². The summed E-state index contributed by atoms with van der Waals surface area (Å²) in [4.78, 5) is 10.6. The van der Waals surface area contributed by atoms with Crippen molar-refractivity contribution >= 4 is 26.8 Å². The van der Waals surface area contributed by atoms with Crippen molar-refractivity contribution in [2.45, 2.75) is 0 Å². The highest BCUT2D eigenvalue weighted by molar-refractivity contribution is 7.92. The lowest BCUT2D eigenvalue weighted by atomic mass is 10.2. The summed E-state index contributed by atoms with van der Waals surface area (Å²) in [6, 6.07) is 7.38. The monoisotopic (exact) mass is 424 g/mol. The number of oxazole rings is 1. The number of hydrogen-bond donors (Lipinski definition) is 0. The second kappa shape index (κ2) is 8.18. The molecule has 0 spiro atoms. The fourth-order valence-corrected chi connectivity index (χ4v) is 4.17. The second-order valence-corrected chi connectivity index (χ2v) is 8.45. The fourth-order valence-electron chi connectivity index (χ4n) is 3.29. The number of rotatable bonds is 4. The molecule has 9 heteroatoms. The van der Waals surface area contributed by atoms with Crippen LogP contribution >= 0.6 is 0 Å². The number of sulfonamides is 1. The summed E-state index contributed by atoms with van der Waals surface area (Å²) in [6.45, 7) is 5.16. The number of hydrogen-bond acceptors (Lipinski definition) is 7. The van der Waals surface area contributed by atoms with E-state index in [0.717, 1.165) is 16.7 Å². The van der Waals surface area contributed by atoms with Crippen molar-refractivity contribution in [3.8, 4) is 17.6 Å². The molecular weight excluding hydrogens is 404 g/mol. The minimum Gasteiger partial charge on any atom is -0.494 e. The third-order valence-corrected chi connectivity index (χ3v) is 6.34. The molecule has 1 aliphatic heterocycles. The Morgan fingerprint density at radius 3 is 2.67 bits per heavy atom. The van der Waals surface area contributed by atoms with Crippen LogP contribution in [0.2, 0.25) is 0 Å². The number of benzene rings is 1. The van der Waals surface area contributed by atoms with Crippen molar-refractivity contribution in [1.82, 2.24) is 14.3 Å². The van der Waals surface area contributed by atoms with Crippen molar-refractivity contribution in [2.75, 3.05) is 38.2 Å². The first kappa shape index (κ1) is 19.9. The smallest absolute Gasteiger partial charge is 0.274 e. The van der Waals surface area contributed by atoms with E-state index in [2.05, 4.69) is 33.3 Å². The van der Waals surface area contributed by atoms with Gasteiger partial charge in [0.05, 0.1) is 12.8 Å². The van der Waals surface area contributed by atoms with Crippen LogP contribution in [0.3, 0.4) is 0 Å². The molecule has 1 fully saturated rings. The first-order valence-electron chi connectivity index (χ1n) is 9.29. The maximum Gasteiger partial charge on any atom is 0.274 e. The molecule has 2 aromatic heterocycles. The van der Waals surface area contributed by atoms with Gasteiger partial charge in [-0.25, -0.2) is 8.42 Å². The highest BCUT2D eigenvalue weighted by Crippen LogP contribution is 2.34. The van der Waals surface area contributed by atoms with Crippen LogP contribution in [0.1, 0.15) is 11.5 Å². The lowest BCUT2D eigenvalue weighted by molar-refractivity contribution is 0.389. The summed E-state index contributed by atoms with van der Waals surface area (Å²) in [5, 5.41) is 0.984. The Morgan fingerprint density at radius 2 is 2.00 bits per heavy atom. The average molecular weight is 424 g/mol. The van der Waals surface area contributed by atoms with E-state index in [9.17, 15) is 8.42 Å². The van der Waals surface area contributed by atoms with Gasteiger partial charge in [0, 0.05) is 49.5 Å². The van der Waals surface area contributed by atoms with E-state index < -0.39 is 10.0 Å². The van der Waals surface area contributed by atoms with Crippen LogP contribution in [0.15, 0.2) is 53.1 Å². The zero-order valence-corrected chi connectivity index (χ0v) is 17.2. The summed E-state index contributed by atoms with van der Waals surface area (Å²) < 4.78 is 36.8. The van der Waals surface area contributed by atoms with Gasteiger partial charge in [-0.3, -0.25) is 4.98 Å². The fraction of sp³-hybridized carbons (Fsp3) is 0.238. The topological polar surface area (TPSA) is 88.8 Å². The zero-order valence-electron chi connectivity index (χ0n) is 16.4. The Balaban J connectivity index is 1.66. The SMILES string of the molecule is C=CS(=O)(=O)N1CCN(c2ccc(OC)c3nc(C#Cc4cccnc4)oc23)CC1. The molecular formula is C21H20N4O4S. The maximum absolute atomic E-state index is 12.0. The Kier molecular flexibility index (Phi) is 5.44. The molecule has 30 heavy (non-hydrogen) atoms. The number of anilines is 1. The molecule has 1 aromatic carbocycles. The van der Waals surface area contributed by atoms with Crippen molar-refractivity contribution in [1.29, 1.82) is 0 Å². The van der Waals surface area contributed by atoms with Crippen LogP contribution in [0.5, 0.6) is 5.75 Å². The normalized spacial score (nSPS) is 14.9. The van der Waals surface area contributed by atoms with E-state index in [-0.39, 0.29) is 5.89 Å². The van der Waals surface area contributed by atoms with Gasteiger partial charge in [-0.1, -0.05) is 12.5 Å². The molecule has 0 N–H and O–H groups in total. The molecule has 4 rings (SSSR count). The molecule has 0 unspecified atom stereocenters. The Morgan fingerprint density at radius 1 is 1.20 bits per heavy atom. The summed E-state index contributed by atoms with van der Waals surface area (Å²) in [5.41, 5.74) is 2.71. The quantitative estimate of drug-likeness (QED) is 0.594. The molecule has 0 atom stereocenters. The molecule has 0 amide bonds. The predicted octanol–water partition coefficient (Wildman–Crippen LogP) is 2.23. The summed E-state index contributed by atoms with van der Waals surface area (Å²) in [7, 11) is -1.85. The summed E-state index contributed by atoms with van der Waals surface area (Å²) in [5.74, 6) is 6.76. The third kappa shape index (κ3) is 3.87. The van der Waals surface area contributed by atoms with Crippen LogP contribution < -0.4 is 9.64 Å². The first-order valence-corrected chi connectivity index (χ1v) is 10.8. The van der Waals surface area contributed by atoms with Crippen molar-refractivity contribution in [3.63, 3.8) is 0 Å². The van der Waals surface area contributed by atoms with E-state index >= 15 is 0 Å². The molecule has 0 saturated carbocycles. The standard InChI is InChI=1S/C21H20N4O4S/c1-3-30(26,27)25-13-11-24(12-14-25)17-7-8-18(28-2)20-21(17)29-19(23-20)9-6-16-5-4-10-22-15-16/h3-5,7-8,10,15H,1,11-14H2,2H3. The van der Waals surface area contributed by atoms with Crippen LogP contribution in [0.25, 0.3) is 11.1 Å². The van der Waals surface area contributed by atoms with Gasteiger partial charge in [0.25, 0.3) is 5.89 Å². The zero-order chi connectivity index (χ0) is 21.1. The molecule has 154 valence electrons. The maximum atomic E-state index is 12.0. The lowest BCUT2D eigenvalue weighted by Crippen LogP contribution is -2.48. The van der Waals surface area contributed by atoms with Gasteiger partial charge < -0.3 is 14.1 Å². The first-order chi connectivity index (χ1) is 14.5. The number of fused-ring (bicyclic) bond motifs is 1. The van der Waals surface area contributed by atoms with Crippen molar-refractivity contribution < 1.29 is 17.6 Å². The van der Waals surface area contributed by atoms with E-state index in [1.54, 1.807) is 19.5 Å². The molecule has 0 radical (unpaired) electrons. The van der Waals surface area contributed by atoms with Gasteiger partial charge >= 0.3 is 0 Å². The van der Waals surface area contributed by atoms with Crippen molar-refractivity contribution in [2.24, 2.45) is 0 Å².